The molecule has 1 unspecified atom stereocenters. The van der Waals surface area contributed by atoms with Crippen LogP contribution in [0.3, 0.4) is 0 Å². The van der Waals surface area contributed by atoms with Crippen LogP contribution in [0.4, 0.5) is 4.39 Å². The maximum Gasteiger partial charge on any atom is 0.310 e. The number of alkyl halides is 1. The summed E-state index contributed by atoms with van der Waals surface area (Å²) in [7, 11) is 0. The van der Waals surface area contributed by atoms with Crippen molar-refractivity contribution in [2.24, 2.45) is 5.73 Å². The molecule has 0 saturated heterocycles. The van der Waals surface area contributed by atoms with Gasteiger partial charge in [-0.2, -0.15) is 0 Å². The van der Waals surface area contributed by atoms with Gasteiger partial charge < -0.3 is 10.5 Å². The van der Waals surface area contributed by atoms with Gasteiger partial charge in [0, 0.05) is 12.8 Å². The third kappa shape index (κ3) is 7.37. The van der Waals surface area contributed by atoms with Gasteiger partial charge in [-0.05, 0) is 37.1 Å². The molecule has 1 aromatic carbocycles. The van der Waals surface area contributed by atoms with Crippen molar-refractivity contribution < 1.29 is 18.7 Å². The summed E-state index contributed by atoms with van der Waals surface area (Å²) in [6.45, 7) is 2.39. The number of carbonyl (C=O) groups is 2. The van der Waals surface area contributed by atoms with Crippen molar-refractivity contribution in [2.75, 3.05) is 6.54 Å². The molecule has 0 amide bonds. The smallest absolute Gasteiger partial charge is 0.310 e. The molecular formula is C18H26FNO3. The zero-order valence-electron chi connectivity index (χ0n) is 13.7. The highest BCUT2D eigenvalue weighted by Gasteiger charge is 2.19. The van der Waals surface area contributed by atoms with Crippen molar-refractivity contribution in [1.82, 2.24) is 0 Å². The molecular weight excluding hydrogens is 297 g/mol. The third-order valence-corrected chi connectivity index (χ3v) is 3.60. The van der Waals surface area contributed by atoms with Crippen LogP contribution in [0.5, 0.6) is 5.75 Å². The number of hydrogen-bond acceptors (Lipinski definition) is 4. The lowest BCUT2D eigenvalue weighted by Crippen LogP contribution is -2.08. The van der Waals surface area contributed by atoms with Crippen LogP contribution in [0.25, 0.3) is 0 Å². The Kier molecular flexibility index (Phi) is 9.14. The fourth-order valence-electron chi connectivity index (χ4n) is 2.19. The van der Waals surface area contributed by atoms with E-state index < -0.39 is 12.0 Å². The number of Topliss-reactive ketones (excluding diaryl/α,β-unsaturated/α-hetero) is 1. The van der Waals surface area contributed by atoms with E-state index in [1.807, 2.05) is 0 Å². The molecule has 1 rings (SSSR count). The summed E-state index contributed by atoms with van der Waals surface area (Å²) < 4.78 is 19.2. The van der Waals surface area contributed by atoms with E-state index in [-0.39, 0.29) is 18.8 Å². The number of esters is 1. The molecule has 5 heteroatoms. The van der Waals surface area contributed by atoms with Crippen LogP contribution in [-0.2, 0) is 9.59 Å². The number of nitrogens with two attached hydrogens (primary N) is 1. The molecule has 23 heavy (non-hydrogen) atoms. The number of ether oxygens (including phenoxy) is 1. The highest BCUT2D eigenvalue weighted by atomic mass is 19.1. The minimum Gasteiger partial charge on any atom is -0.427 e. The first-order chi connectivity index (χ1) is 11.1. The monoisotopic (exact) mass is 323 g/mol. The first-order valence-electron chi connectivity index (χ1n) is 8.26. The number of ketones is 1. The molecule has 4 nitrogen and oxygen atoms in total. The van der Waals surface area contributed by atoms with Gasteiger partial charge >= 0.3 is 5.97 Å². The van der Waals surface area contributed by atoms with Gasteiger partial charge in [-0.3, -0.25) is 9.59 Å². The van der Waals surface area contributed by atoms with Crippen LogP contribution in [-0.4, -0.2) is 18.3 Å². The van der Waals surface area contributed by atoms with Crippen molar-refractivity contribution >= 4 is 11.8 Å². The van der Waals surface area contributed by atoms with Gasteiger partial charge in [-0.15, -0.1) is 0 Å². The van der Waals surface area contributed by atoms with Gasteiger partial charge in [0.05, 0.1) is 0 Å². The molecule has 0 radical (unpaired) electrons. The summed E-state index contributed by atoms with van der Waals surface area (Å²) in [5.41, 5.74) is 5.71. The molecule has 0 saturated carbocycles. The molecule has 0 aliphatic rings. The Hall–Kier alpha value is -1.75. The number of hydrogen-bond donors (Lipinski definition) is 1. The van der Waals surface area contributed by atoms with Gasteiger partial charge in [-0.1, -0.05) is 38.3 Å². The predicted molar refractivity (Wildman–Crippen MR) is 88.0 cm³/mol. The van der Waals surface area contributed by atoms with E-state index in [0.29, 0.717) is 24.3 Å². The minimum absolute atomic E-state index is 0.246. The van der Waals surface area contributed by atoms with Gasteiger partial charge in [0.2, 0.25) is 0 Å². The molecule has 1 aromatic rings. The van der Waals surface area contributed by atoms with E-state index in [1.165, 1.54) is 24.3 Å². The van der Waals surface area contributed by atoms with Gasteiger partial charge in [-0.25, -0.2) is 4.39 Å². The van der Waals surface area contributed by atoms with Crippen molar-refractivity contribution in [3.63, 3.8) is 0 Å². The second kappa shape index (κ2) is 10.9. The molecule has 0 spiro atoms. The Balaban J connectivity index is 2.39. The Labute approximate surface area is 137 Å². The molecule has 0 aromatic heterocycles. The zero-order chi connectivity index (χ0) is 17.1. The maximum atomic E-state index is 14.1. The van der Waals surface area contributed by atoms with Gasteiger partial charge in [0.1, 0.15) is 5.75 Å². The number of rotatable bonds is 11. The molecule has 0 heterocycles. The summed E-state index contributed by atoms with van der Waals surface area (Å²) >= 11 is 0. The van der Waals surface area contributed by atoms with E-state index in [4.69, 9.17) is 10.5 Å². The van der Waals surface area contributed by atoms with Crippen molar-refractivity contribution in [3.8, 4) is 5.75 Å². The Bertz CT molecular complexity index is 488. The number of unbranched alkanes of at least 4 members (excludes halogenated alkanes) is 4. The van der Waals surface area contributed by atoms with Crippen molar-refractivity contribution in [2.45, 2.75) is 58.0 Å². The average molecular weight is 323 g/mol. The topological polar surface area (TPSA) is 69.4 Å². The zero-order valence-corrected chi connectivity index (χ0v) is 13.7. The van der Waals surface area contributed by atoms with E-state index >= 15 is 0 Å². The Morgan fingerprint density at radius 2 is 1.70 bits per heavy atom. The van der Waals surface area contributed by atoms with Gasteiger partial charge in [0.15, 0.2) is 12.0 Å². The molecule has 128 valence electrons. The molecule has 0 aliphatic heterocycles. The standard InChI is InChI=1S/C18H26FNO3/c1-2-17(22)23-15-11-9-14(10-12-15)18(19)16(21)8-6-4-3-5-7-13-20/h9-12,18H,2-8,13,20H2,1H3. The van der Waals surface area contributed by atoms with Gasteiger partial charge in [0.25, 0.3) is 0 Å². The van der Waals surface area contributed by atoms with Crippen molar-refractivity contribution in [3.05, 3.63) is 29.8 Å². The van der Waals surface area contributed by atoms with Crippen LogP contribution in [0, 0.1) is 0 Å². The number of halogens is 1. The second-order valence-electron chi connectivity index (χ2n) is 5.53. The highest BCUT2D eigenvalue weighted by Crippen LogP contribution is 2.24. The largest absolute Gasteiger partial charge is 0.427 e. The van der Waals surface area contributed by atoms with Crippen molar-refractivity contribution in [1.29, 1.82) is 0 Å². The van der Waals surface area contributed by atoms with E-state index in [0.717, 1.165) is 25.7 Å². The quantitative estimate of drug-likeness (QED) is 0.381. The van der Waals surface area contributed by atoms with Crippen LogP contribution < -0.4 is 10.5 Å². The number of carbonyl (C=O) groups excluding carboxylic acids is 2. The van der Waals surface area contributed by atoms with Crippen LogP contribution in [0.1, 0.15) is 63.6 Å². The summed E-state index contributed by atoms with van der Waals surface area (Å²) in [5, 5.41) is 0. The predicted octanol–water partition coefficient (Wildman–Crippen LogP) is 3.88. The maximum absolute atomic E-state index is 14.1. The summed E-state index contributed by atoms with van der Waals surface area (Å²) in [4.78, 5) is 23.0. The van der Waals surface area contributed by atoms with E-state index in [2.05, 4.69) is 0 Å². The van der Waals surface area contributed by atoms with Crippen LogP contribution in [0.15, 0.2) is 24.3 Å². The third-order valence-electron chi connectivity index (χ3n) is 3.60. The SMILES string of the molecule is CCC(=O)Oc1ccc(C(F)C(=O)CCCCCCCN)cc1. The highest BCUT2D eigenvalue weighted by molar-refractivity contribution is 5.84. The second-order valence-corrected chi connectivity index (χ2v) is 5.53. The summed E-state index contributed by atoms with van der Waals surface area (Å²) in [6, 6.07) is 6.00. The summed E-state index contributed by atoms with van der Waals surface area (Å²) in [6.07, 6.45) is 3.61. The molecule has 0 bridgehead atoms. The van der Waals surface area contributed by atoms with E-state index in [1.54, 1.807) is 6.92 Å². The lowest BCUT2D eigenvalue weighted by atomic mass is 10.0. The number of benzene rings is 1. The molecule has 2 N–H and O–H groups in total. The first kappa shape index (κ1) is 19.3. The minimum atomic E-state index is -1.62. The fraction of sp³-hybridized carbons (Fsp3) is 0.556. The fourth-order valence-corrected chi connectivity index (χ4v) is 2.19. The molecule has 0 fully saturated rings. The lowest BCUT2D eigenvalue weighted by molar-refractivity contribution is -0.134. The first-order valence-corrected chi connectivity index (χ1v) is 8.26. The summed E-state index contributed by atoms with van der Waals surface area (Å²) in [5.74, 6) is -0.387. The lowest BCUT2D eigenvalue weighted by Gasteiger charge is -2.09. The molecule has 1 atom stereocenters. The van der Waals surface area contributed by atoms with Crippen LogP contribution >= 0.6 is 0 Å². The molecule has 0 aliphatic carbocycles. The Morgan fingerprint density at radius 1 is 1.09 bits per heavy atom. The van der Waals surface area contributed by atoms with E-state index in [9.17, 15) is 14.0 Å². The van der Waals surface area contributed by atoms with Crippen LogP contribution in [0.2, 0.25) is 0 Å². The average Bonchev–Trinajstić information content (AvgIpc) is 2.57. The normalized spacial score (nSPS) is 12.0. The Morgan fingerprint density at radius 3 is 2.30 bits per heavy atom.